The van der Waals surface area contributed by atoms with Gasteiger partial charge in [0.2, 0.25) is 0 Å². The predicted octanol–water partition coefficient (Wildman–Crippen LogP) is 2.60. The number of anilines is 2. The highest BCUT2D eigenvalue weighted by Crippen LogP contribution is 2.25. The van der Waals surface area contributed by atoms with Gasteiger partial charge in [0.05, 0.1) is 5.69 Å². The number of halogens is 1. The Morgan fingerprint density at radius 1 is 1.25 bits per heavy atom. The van der Waals surface area contributed by atoms with Gasteiger partial charge in [-0.1, -0.05) is 0 Å². The minimum atomic E-state index is 0.779. The fourth-order valence-corrected chi connectivity index (χ4v) is 2.55. The largest absolute Gasteiger partial charge is 0.372 e. The highest BCUT2D eigenvalue weighted by Gasteiger charge is 2.06. The summed E-state index contributed by atoms with van der Waals surface area (Å²) in [6.07, 6.45) is 2.52. The lowest BCUT2D eigenvalue weighted by Gasteiger charge is -2.10. The van der Waals surface area contributed by atoms with Gasteiger partial charge in [-0.15, -0.1) is 0 Å². The Kier molecular flexibility index (Phi) is 4.94. The van der Waals surface area contributed by atoms with Crippen molar-refractivity contribution in [1.82, 2.24) is 19.7 Å². The second-order valence-corrected chi connectivity index (χ2v) is 5.36. The third-order valence-electron chi connectivity index (χ3n) is 2.97. The van der Waals surface area contributed by atoms with Gasteiger partial charge in [-0.05, 0) is 42.3 Å². The van der Waals surface area contributed by atoms with Crippen molar-refractivity contribution < 1.29 is 0 Å². The van der Waals surface area contributed by atoms with Crippen molar-refractivity contribution in [2.45, 2.75) is 26.8 Å². The zero-order valence-electron chi connectivity index (χ0n) is 11.9. The number of hydrogen-bond donors (Lipinski definition) is 2. The van der Waals surface area contributed by atoms with Gasteiger partial charge in [0.15, 0.2) is 0 Å². The van der Waals surface area contributed by atoms with Gasteiger partial charge in [-0.25, -0.2) is 9.97 Å². The molecule has 0 bridgehead atoms. The van der Waals surface area contributed by atoms with E-state index >= 15 is 0 Å². The van der Waals surface area contributed by atoms with Gasteiger partial charge in [-0.2, -0.15) is 5.10 Å². The zero-order valence-corrected chi connectivity index (χ0v) is 13.5. The molecule has 20 heavy (non-hydrogen) atoms. The van der Waals surface area contributed by atoms with E-state index in [0.717, 1.165) is 41.3 Å². The first-order chi connectivity index (χ1) is 9.61. The van der Waals surface area contributed by atoms with E-state index in [2.05, 4.69) is 54.6 Å². The van der Waals surface area contributed by atoms with Crippen LogP contribution in [0.1, 0.15) is 17.8 Å². The maximum atomic E-state index is 4.44. The minimum Gasteiger partial charge on any atom is -0.372 e. The normalized spacial score (nSPS) is 10.6. The Balaban J connectivity index is 1.86. The van der Waals surface area contributed by atoms with Crippen molar-refractivity contribution >= 4 is 27.6 Å². The average Bonchev–Trinajstić information content (AvgIpc) is 2.74. The second kappa shape index (κ2) is 6.69. The standard InChI is InChI=1S/C13H19BrN6/c1-9-7-10(2)20(19-9)6-4-5-16-13-11(14)12(15-3)17-8-18-13/h7-8H,4-6H2,1-3H3,(H2,15,16,17,18). The molecule has 2 heterocycles. The molecule has 0 aliphatic rings. The molecule has 7 heteroatoms. The molecule has 2 aromatic heterocycles. The van der Waals surface area contributed by atoms with Crippen molar-refractivity contribution in [1.29, 1.82) is 0 Å². The van der Waals surface area contributed by atoms with Crippen LogP contribution in [-0.2, 0) is 6.54 Å². The zero-order chi connectivity index (χ0) is 14.5. The molecule has 0 spiro atoms. The molecule has 0 fully saturated rings. The summed E-state index contributed by atoms with van der Waals surface area (Å²) in [6, 6.07) is 2.09. The van der Waals surface area contributed by atoms with Crippen LogP contribution < -0.4 is 10.6 Å². The minimum absolute atomic E-state index is 0.779. The fraction of sp³-hybridized carbons (Fsp3) is 0.462. The molecule has 0 atom stereocenters. The van der Waals surface area contributed by atoms with Crippen molar-refractivity contribution in [2.75, 3.05) is 24.2 Å². The van der Waals surface area contributed by atoms with Crippen LogP contribution in [0.4, 0.5) is 11.6 Å². The van der Waals surface area contributed by atoms with Crippen molar-refractivity contribution in [3.05, 3.63) is 28.3 Å². The summed E-state index contributed by atoms with van der Waals surface area (Å²) in [5, 5.41) is 10.8. The quantitative estimate of drug-likeness (QED) is 0.792. The van der Waals surface area contributed by atoms with Gasteiger partial charge in [0.25, 0.3) is 0 Å². The molecule has 2 rings (SSSR count). The monoisotopic (exact) mass is 338 g/mol. The maximum absolute atomic E-state index is 4.44. The van der Waals surface area contributed by atoms with Gasteiger partial charge in [0.1, 0.15) is 22.4 Å². The average molecular weight is 339 g/mol. The molecule has 6 nitrogen and oxygen atoms in total. The van der Waals surface area contributed by atoms with Gasteiger partial charge < -0.3 is 10.6 Å². The summed E-state index contributed by atoms with van der Waals surface area (Å²) in [7, 11) is 1.83. The van der Waals surface area contributed by atoms with E-state index in [1.807, 2.05) is 18.7 Å². The molecule has 2 aromatic rings. The highest BCUT2D eigenvalue weighted by molar-refractivity contribution is 9.10. The summed E-state index contributed by atoms with van der Waals surface area (Å²) in [4.78, 5) is 8.35. The van der Waals surface area contributed by atoms with E-state index < -0.39 is 0 Å². The summed E-state index contributed by atoms with van der Waals surface area (Å²) in [5.41, 5.74) is 2.26. The maximum Gasteiger partial charge on any atom is 0.145 e. The Hall–Kier alpha value is -1.63. The van der Waals surface area contributed by atoms with Crippen LogP contribution in [0.15, 0.2) is 16.9 Å². The Bertz CT molecular complexity index is 580. The lowest BCUT2D eigenvalue weighted by Crippen LogP contribution is -2.10. The summed E-state index contributed by atoms with van der Waals surface area (Å²) in [6.45, 7) is 5.82. The van der Waals surface area contributed by atoms with E-state index in [0.29, 0.717) is 0 Å². The predicted molar refractivity (Wildman–Crippen MR) is 84.1 cm³/mol. The van der Waals surface area contributed by atoms with Gasteiger partial charge in [-0.3, -0.25) is 4.68 Å². The first-order valence-corrected chi connectivity index (χ1v) is 7.34. The molecule has 0 saturated heterocycles. The van der Waals surface area contributed by atoms with Crippen LogP contribution in [-0.4, -0.2) is 33.3 Å². The SMILES string of the molecule is CNc1ncnc(NCCCn2nc(C)cc2C)c1Br. The number of aromatic nitrogens is 4. The molecule has 0 aliphatic carbocycles. The lowest BCUT2D eigenvalue weighted by molar-refractivity contribution is 0.573. The lowest BCUT2D eigenvalue weighted by atomic mass is 10.4. The van der Waals surface area contributed by atoms with E-state index in [1.54, 1.807) is 6.33 Å². The second-order valence-electron chi connectivity index (χ2n) is 4.57. The summed E-state index contributed by atoms with van der Waals surface area (Å²) in [5.74, 6) is 1.58. The van der Waals surface area contributed by atoms with Crippen LogP contribution in [0.5, 0.6) is 0 Å². The molecule has 0 unspecified atom stereocenters. The van der Waals surface area contributed by atoms with E-state index in [-0.39, 0.29) is 0 Å². The van der Waals surface area contributed by atoms with Crippen molar-refractivity contribution in [2.24, 2.45) is 0 Å². The third-order valence-corrected chi connectivity index (χ3v) is 3.72. The number of nitrogens with one attached hydrogen (secondary N) is 2. The third kappa shape index (κ3) is 3.47. The topological polar surface area (TPSA) is 67.7 Å². The van der Waals surface area contributed by atoms with Crippen LogP contribution >= 0.6 is 15.9 Å². The molecule has 2 N–H and O–H groups in total. The van der Waals surface area contributed by atoms with E-state index in [4.69, 9.17) is 0 Å². The molecule has 0 amide bonds. The van der Waals surface area contributed by atoms with Crippen LogP contribution in [0.3, 0.4) is 0 Å². The summed E-state index contributed by atoms with van der Waals surface area (Å²) >= 11 is 3.49. The van der Waals surface area contributed by atoms with Gasteiger partial charge in [0, 0.05) is 25.8 Å². The summed E-state index contributed by atoms with van der Waals surface area (Å²) < 4.78 is 2.89. The Labute approximate surface area is 127 Å². The molecule has 0 radical (unpaired) electrons. The molecule has 108 valence electrons. The van der Waals surface area contributed by atoms with Gasteiger partial charge >= 0.3 is 0 Å². The Morgan fingerprint density at radius 2 is 2.00 bits per heavy atom. The number of hydrogen-bond acceptors (Lipinski definition) is 5. The van der Waals surface area contributed by atoms with E-state index in [9.17, 15) is 0 Å². The Morgan fingerprint density at radius 3 is 2.65 bits per heavy atom. The molecule has 0 aromatic carbocycles. The van der Waals surface area contributed by atoms with Crippen molar-refractivity contribution in [3.63, 3.8) is 0 Å². The molecular formula is C13H19BrN6. The molecule has 0 aliphatic heterocycles. The van der Waals surface area contributed by atoms with Crippen molar-refractivity contribution in [3.8, 4) is 0 Å². The van der Waals surface area contributed by atoms with Crippen LogP contribution in [0, 0.1) is 13.8 Å². The first kappa shape index (κ1) is 14.8. The fourth-order valence-electron chi connectivity index (χ4n) is 2.00. The first-order valence-electron chi connectivity index (χ1n) is 6.55. The van der Waals surface area contributed by atoms with Crippen LogP contribution in [0.25, 0.3) is 0 Å². The number of rotatable bonds is 6. The van der Waals surface area contributed by atoms with E-state index in [1.165, 1.54) is 5.69 Å². The number of nitrogens with zero attached hydrogens (tertiary/aromatic N) is 4. The van der Waals surface area contributed by atoms with Crippen LogP contribution in [0.2, 0.25) is 0 Å². The smallest absolute Gasteiger partial charge is 0.145 e. The highest BCUT2D eigenvalue weighted by atomic mass is 79.9. The molecular weight excluding hydrogens is 320 g/mol. The number of aryl methyl sites for hydroxylation is 3. The molecule has 0 saturated carbocycles.